The Morgan fingerprint density at radius 1 is 1.50 bits per heavy atom. The fourth-order valence-electron chi connectivity index (χ4n) is 1.24. The van der Waals surface area contributed by atoms with Crippen molar-refractivity contribution in [1.29, 1.82) is 0 Å². The van der Waals surface area contributed by atoms with Crippen LogP contribution in [0.15, 0.2) is 18.2 Å². The summed E-state index contributed by atoms with van der Waals surface area (Å²) in [5.74, 6) is -0.648. The Hall–Kier alpha value is -1.13. The molecule has 16 heavy (non-hydrogen) atoms. The highest BCUT2D eigenvalue weighted by Crippen LogP contribution is 2.09. The summed E-state index contributed by atoms with van der Waals surface area (Å²) in [6, 6.07) is 4.17. The molecule has 1 amide bonds. The molecule has 0 fully saturated rings. The summed E-state index contributed by atoms with van der Waals surface area (Å²) in [4.78, 5) is 11.6. The van der Waals surface area contributed by atoms with Gasteiger partial charge in [-0.15, -0.1) is 12.4 Å². The highest BCUT2D eigenvalue weighted by atomic mass is 35.5. The minimum Gasteiger partial charge on any atom is -0.352 e. The van der Waals surface area contributed by atoms with Crippen LogP contribution in [0.1, 0.15) is 22.3 Å². The van der Waals surface area contributed by atoms with Crippen LogP contribution in [0, 0.1) is 12.7 Å². The van der Waals surface area contributed by atoms with E-state index in [0.717, 1.165) is 12.0 Å². The van der Waals surface area contributed by atoms with Crippen LogP contribution in [-0.4, -0.2) is 19.0 Å². The number of carbonyl (C=O) groups is 1. The molecule has 0 aromatic heterocycles. The molecule has 0 saturated heterocycles. The standard InChI is InChI=1S/C11H15FN2O.ClH/c1-8-3-4-9(12)7-10(8)11(15)14-6-2-5-13;/h3-4,7H,2,5-6,13H2,1H3,(H,14,15);1H. The van der Waals surface area contributed by atoms with Gasteiger partial charge in [-0.25, -0.2) is 4.39 Å². The van der Waals surface area contributed by atoms with Crippen molar-refractivity contribution in [3.8, 4) is 0 Å². The lowest BCUT2D eigenvalue weighted by molar-refractivity contribution is 0.0952. The van der Waals surface area contributed by atoms with Gasteiger partial charge in [-0.05, 0) is 37.6 Å². The molecule has 0 unspecified atom stereocenters. The van der Waals surface area contributed by atoms with Crippen LogP contribution in [0.4, 0.5) is 4.39 Å². The Balaban J connectivity index is 0.00000225. The predicted octanol–water partition coefficient (Wildman–Crippen LogP) is 1.63. The zero-order valence-corrected chi connectivity index (χ0v) is 9.94. The summed E-state index contributed by atoms with van der Waals surface area (Å²) in [7, 11) is 0. The Bertz CT molecular complexity index is 358. The van der Waals surface area contributed by atoms with Crippen LogP contribution in [0.3, 0.4) is 0 Å². The third kappa shape index (κ3) is 4.16. The molecule has 3 N–H and O–H groups in total. The van der Waals surface area contributed by atoms with E-state index in [-0.39, 0.29) is 18.3 Å². The van der Waals surface area contributed by atoms with Gasteiger partial charge in [-0.1, -0.05) is 6.07 Å². The number of halogens is 2. The van der Waals surface area contributed by atoms with E-state index in [0.29, 0.717) is 18.7 Å². The van der Waals surface area contributed by atoms with Gasteiger partial charge < -0.3 is 11.1 Å². The van der Waals surface area contributed by atoms with Crippen molar-refractivity contribution in [2.45, 2.75) is 13.3 Å². The lowest BCUT2D eigenvalue weighted by Crippen LogP contribution is -2.26. The minimum absolute atomic E-state index is 0. The Kier molecular flexibility index (Phi) is 6.69. The summed E-state index contributed by atoms with van der Waals surface area (Å²) in [5, 5.41) is 2.68. The Morgan fingerprint density at radius 2 is 2.19 bits per heavy atom. The van der Waals surface area contributed by atoms with Crippen molar-refractivity contribution in [3.63, 3.8) is 0 Å². The number of benzene rings is 1. The molecule has 0 aliphatic heterocycles. The first-order valence-corrected chi connectivity index (χ1v) is 4.89. The van der Waals surface area contributed by atoms with E-state index < -0.39 is 5.82 Å². The molecule has 0 bridgehead atoms. The first-order chi connectivity index (χ1) is 7.15. The van der Waals surface area contributed by atoms with Gasteiger partial charge in [-0.3, -0.25) is 4.79 Å². The number of nitrogens with two attached hydrogens (primary N) is 1. The van der Waals surface area contributed by atoms with Gasteiger partial charge in [0, 0.05) is 12.1 Å². The molecule has 0 aliphatic rings. The lowest BCUT2D eigenvalue weighted by atomic mass is 10.1. The van der Waals surface area contributed by atoms with E-state index in [1.807, 2.05) is 0 Å². The third-order valence-corrected chi connectivity index (χ3v) is 2.11. The maximum atomic E-state index is 12.9. The fraction of sp³-hybridized carbons (Fsp3) is 0.364. The molecule has 1 rings (SSSR count). The largest absolute Gasteiger partial charge is 0.352 e. The van der Waals surface area contributed by atoms with Crippen molar-refractivity contribution in [2.24, 2.45) is 5.73 Å². The molecular formula is C11H16ClFN2O. The van der Waals surface area contributed by atoms with Crippen LogP contribution in [0.2, 0.25) is 0 Å². The number of carbonyl (C=O) groups excluding carboxylic acids is 1. The second kappa shape index (κ2) is 7.19. The molecule has 1 aromatic carbocycles. The van der Waals surface area contributed by atoms with E-state index in [1.54, 1.807) is 13.0 Å². The molecule has 0 spiro atoms. The molecule has 3 nitrogen and oxygen atoms in total. The SMILES string of the molecule is Cc1ccc(F)cc1C(=O)NCCCN.Cl. The van der Waals surface area contributed by atoms with Crippen molar-refractivity contribution in [1.82, 2.24) is 5.32 Å². The van der Waals surface area contributed by atoms with Crippen LogP contribution in [-0.2, 0) is 0 Å². The molecule has 0 aliphatic carbocycles. The van der Waals surface area contributed by atoms with E-state index >= 15 is 0 Å². The number of aryl methyl sites for hydroxylation is 1. The lowest BCUT2D eigenvalue weighted by Gasteiger charge is -2.06. The Labute approximate surface area is 101 Å². The summed E-state index contributed by atoms with van der Waals surface area (Å²) >= 11 is 0. The summed E-state index contributed by atoms with van der Waals surface area (Å²) in [6.07, 6.45) is 0.722. The average Bonchev–Trinajstić information content (AvgIpc) is 2.22. The topological polar surface area (TPSA) is 55.1 Å². The molecule has 0 atom stereocenters. The summed E-state index contributed by atoms with van der Waals surface area (Å²) in [5.41, 5.74) is 6.44. The first kappa shape index (κ1) is 14.9. The number of nitrogens with one attached hydrogen (secondary N) is 1. The number of hydrogen-bond donors (Lipinski definition) is 2. The number of hydrogen-bond acceptors (Lipinski definition) is 2. The normalized spacial score (nSPS) is 9.44. The molecule has 0 radical (unpaired) electrons. The van der Waals surface area contributed by atoms with Crippen LogP contribution in [0.5, 0.6) is 0 Å². The molecule has 1 aromatic rings. The molecular weight excluding hydrogens is 231 g/mol. The maximum absolute atomic E-state index is 12.9. The van der Waals surface area contributed by atoms with Gasteiger partial charge in [-0.2, -0.15) is 0 Å². The van der Waals surface area contributed by atoms with Gasteiger partial charge in [0.2, 0.25) is 0 Å². The number of rotatable bonds is 4. The zero-order valence-electron chi connectivity index (χ0n) is 9.13. The quantitative estimate of drug-likeness (QED) is 0.794. The molecule has 0 heterocycles. The molecule has 90 valence electrons. The van der Waals surface area contributed by atoms with Crippen LogP contribution in [0.25, 0.3) is 0 Å². The predicted molar refractivity (Wildman–Crippen MR) is 64.4 cm³/mol. The second-order valence-electron chi connectivity index (χ2n) is 3.36. The fourth-order valence-corrected chi connectivity index (χ4v) is 1.24. The first-order valence-electron chi connectivity index (χ1n) is 4.89. The van der Waals surface area contributed by atoms with Gasteiger partial charge in [0.05, 0.1) is 0 Å². The third-order valence-electron chi connectivity index (χ3n) is 2.11. The van der Waals surface area contributed by atoms with Gasteiger partial charge in [0.1, 0.15) is 5.82 Å². The Morgan fingerprint density at radius 3 is 2.81 bits per heavy atom. The average molecular weight is 247 g/mol. The highest BCUT2D eigenvalue weighted by Gasteiger charge is 2.08. The summed E-state index contributed by atoms with van der Waals surface area (Å²) in [6.45, 7) is 2.82. The van der Waals surface area contributed by atoms with Crippen LogP contribution >= 0.6 is 12.4 Å². The number of amides is 1. The monoisotopic (exact) mass is 246 g/mol. The highest BCUT2D eigenvalue weighted by molar-refractivity contribution is 5.95. The van der Waals surface area contributed by atoms with Gasteiger partial charge in [0.15, 0.2) is 0 Å². The van der Waals surface area contributed by atoms with Crippen molar-refractivity contribution in [3.05, 3.63) is 35.1 Å². The van der Waals surface area contributed by atoms with Crippen molar-refractivity contribution >= 4 is 18.3 Å². The van der Waals surface area contributed by atoms with Crippen molar-refractivity contribution in [2.75, 3.05) is 13.1 Å². The van der Waals surface area contributed by atoms with Crippen molar-refractivity contribution < 1.29 is 9.18 Å². The van der Waals surface area contributed by atoms with E-state index in [4.69, 9.17) is 5.73 Å². The van der Waals surface area contributed by atoms with Gasteiger partial charge >= 0.3 is 0 Å². The van der Waals surface area contributed by atoms with E-state index in [2.05, 4.69) is 5.32 Å². The van der Waals surface area contributed by atoms with Gasteiger partial charge in [0.25, 0.3) is 5.91 Å². The summed E-state index contributed by atoms with van der Waals surface area (Å²) < 4.78 is 12.9. The van der Waals surface area contributed by atoms with Crippen LogP contribution < -0.4 is 11.1 Å². The minimum atomic E-state index is -0.399. The zero-order chi connectivity index (χ0) is 11.3. The molecule has 5 heteroatoms. The maximum Gasteiger partial charge on any atom is 0.251 e. The molecule has 0 saturated carbocycles. The second-order valence-corrected chi connectivity index (χ2v) is 3.36. The van der Waals surface area contributed by atoms with E-state index in [1.165, 1.54) is 12.1 Å². The van der Waals surface area contributed by atoms with E-state index in [9.17, 15) is 9.18 Å². The smallest absolute Gasteiger partial charge is 0.251 e.